The fraction of sp³-hybridized carbons (Fsp3) is 0.375. The Kier molecular flexibility index (Phi) is 5.61. The van der Waals surface area contributed by atoms with E-state index in [1.165, 1.54) is 12.1 Å². The molecule has 0 aliphatic carbocycles. The maximum atomic E-state index is 12.5. The number of aryl methyl sites for hydroxylation is 1. The number of benzene rings is 1. The van der Waals surface area contributed by atoms with Crippen molar-refractivity contribution in [1.29, 1.82) is 0 Å². The van der Waals surface area contributed by atoms with Crippen LogP contribution >= 0.6 is 0 Å². The Bertz CT molecular complexity index is 681. The van der Waals surface area contributed by atoms with Gasteiger partial charge in [-0.3, -0.25) is 4.79 Å². The van der Waals surface area contributed by atoms with E-state index in [1.807, 2.05) is 0 Å². The summed E-state index contributed by atoms with van der Waals surface area (Å²) < 4.78 is 47.9. The first-order valence-corrected chi connectivity index (χ1v) is 7.21. The Labute approximate surface area is 136 Å². The monoisotopic (exact) mass is 342 g/mol. The summed E-state index contributed by atoms with van der Waals surface area (Å²) >= 11 is 0. The smallest absolute Gasteiger partial charge is 0.416 e. The lowest BCUT2D eigenvalue weighted by Gasteiger charge is -2.15. The van der Waals surface area contributed by atoms with Crippen molar-refractivity contribution in [2.24, 2.45) is 0 Å². The van der Waals surface area contributed by atoms with Crippen molar-refractivity contribution in [2.75, 3.05) is 6.61 Å². The van der Waals surface area contributed by atoms with Gasteiger partial charge in [0, 0.05) is 0 Å². The third-order valence-electron chi connectivity index (χ3n) is 3.24. The molecule has 2 rings (SSSR count). The van der Waals surface area contributed by atoms with Crippen LogP contribution < -0.4 is 5.32 Å². The minimum atomic E-state index is -4.38. The number of alkyl halides is 3. The molecule has 1 N–H and O–H groups in total. The highest BCUT2D eigenvalue weighted by Gasteiger charge is 2.30. The molecule has 2 aromatic rings. The molecule has 0 radical (unpaired) electrons. The van der Waals surface area contributed by atoms with Crippen molar-refractivity contribution in [3.05, 3.63) is 53.2 Å². The number of nitrogens with one attached hydrogen (secondary N) is 1. The number of ether oxygens (including phenoxy) is 1. The molecule has 1 heterocycles. The quantitative estimate of drug-likeness (QED) is 0.874. The molecule has 0 aliphatic heterocycles. The van der Waals surface area contributed by atoms with E-state index in [0.29, 0.717) is 17.2 Å². The van der Waals surface area contributed by atoms with Gasteiger partial charge in [0.05, 0.1) is 17.8 Å². The molecule has 1 atom stereocenters. The van der Waals surface area contributed by atoms with Crippen molar-refractivity contribution in [1.82, 2.24) is 10.3 Å². The Morgan fingerprint density at radius 3 is 2.54 bits per heavy atom. The van der Waals surface area contributed by atoms with Gasteiger partial charge in [0.1, 0.15) is 19.0 Å². The van der Waals surface area contributed by atoms with Crippen LogP contribution in [0.5, 0.6) is 0 Å². The highest BCUT2D eigenvalue weighted by molar-refractivity contribution is 5.77. The average Bonchev–Trinajstić information content (AvgIpc) is 2.92. The number of rotatable bonds is 6. The number of aromatic nitrogens is 1. The lowest BCUT2D eigenvalue weighted by molar-refractivity contribution is -0.137. The molecule has 1 aromatic heterocycles. The summed E-state index contributed by atoms with van der Waals surface area (Å²) in [4.78, 5) is 15.7. The van der Waals surface area contributed by atoms with E-state index < -0.39 is 17.8 Å². The summed E-state index contributed by atoms with van der Waals surface area (Å²) in [6.07, 6.45) is -2.83. The minimum absolute atomic E-state index is 0.0654. The van der Waals surface area contributed by atoms with Gasteiger partial charge < -0.3 is 14.5 Å². The van der Waals surface area contributed by atoms with E-state index in [-0.39, 0.29) is 19.1 Å². The Hall–Kier alpha value is -2.35. The zero-order valence-corrected chi connectivity index (χ0v) is 13.2. The first-order valence-electron chi connectivity index (χ1n) is 7.21. The SMILES string of the molecule is Cc1cnc(COCC(=O)N[C@@H](C)c2ccc(C(F)(F)F)cc2)o1. The van der Waals surface area contributed by atoms with Crippen LogP contribution in [0.1, 0.15) is 35.7 Å². The summed E-state index contributed by atoms with van der Waals surface area (Å²) in [5, 5.41) is 2.65. The van der Waals surface area contributed by atoms with Gasteiger partial charge in [-0.05, 0) is 31.5 Å². The summed E-state index contributed by atoms with van der Waals surface area (Å²) in [7, 11) is 0. The number of halogens is 3. The van der Waals surface area contributed by atoms with Crippen molar-refractivity contribution in [2.45, 2.75) is 32.7 Å². The molecule has 1 aromatic carbocycles. The number of carbonyl (C=O) groups is 1. The predicted octanol–water partition coefficient (Wildman–Crippen LogP) is 3.40. The molecule has 0 saturated carbocycles. The first-order chi connectivity index (χ1) is 11.3. The number of nitrogens with zero attached hydrogens (tertiary/aromatic N) is 1. The Morgan fingerprint density at radius 1 is 1.33 bits per heavy atom. The molecule has 8 heteroatoms. The van der Waals surface area contributed by atoms with E-state index in [4.69, 9.17) is 9.15 Å². The van der Waals surface area contributed by atoms with Crippen LogP contribution in [0.4, 0.5) is 13.2 Å². The highest BCUT2D eigenvalue weighted by Crippen LogP contribution is 2.29. The van der Waals surface area contributed by atoms with Crippen molar-refractivity contribution in [3.63, 3.8) is 0 Å². The van der Waals surface area contributed by atoms with Gasteiger partial charge in [0.25, 0.3) is 0 Å². The van der Waals surface area contributed by atoms with E-state index in [1.54, 1.807) is 20.0 Å². The first kappa shape index (κ1) is 18.0. The number of oxazole rings is 1. The Morgan fingerprint density at radius 2 is 2.00 bits per heavy atom. The lowest BCUT2D eigenvalue weighted by atomic mass is 10.1. The summed E-state index contributed by atoms with van der Waals surface area (Å²) in [5.74, 6) is 0.635. The van der Waals surface area contributed by atoms with Crippen LogP contribution in [-0.4, -0.2) is 17.5 Å². The highest BCUT2D eigenvalue weighted by atomic mass is 19.4. The summed E-state index contributed by atoms with van der Waals surface area (Å²) in [5.41, 5.74) is -0.158. The fourth-order valence-electron chi connectivity index (χ4n) is 2.03. The lowest BCUT2D eigenvalue weighted by Crippen LogP contribution is -2.30. The van der Waals surface area contributed by atoms with Gasteiger partial charge in [-0.25, -0.2) is 4.98 Å². The zero-order chi connectivity index (χ0) is 17.7. The Balaban J connectivity index is 1.80. The van der Waals surface area contributed by atoms with Crippen molar-refractivity contribution in [3.8, 4) is 0 Å². The molecular weight excluding hydrogens is 325 g/mol. The number of amides is 1. The molecule has 24 heavy (non-hydrogen) atoms. The molecule has 0 spiro atoms. The minimum Gasteiger partial charge on any atom is -0.443 e. The molecule has 0 aliphatic rings. The van der Waals surface area contributed by atoms with Gasteiger partial charge in [0.2, 0.25) is 11.8 Å². The summed E-state index contributed by atoms with van der Waals surface area (Å²) in [6.45, 7) is 3.29. The number of hydrogen-bond donors (Lipinski definition) is 1. The third kappa shape index (κ3) is 5.09. The zero-order valence-electron chi connectivity index (χ0n) is 13.2. The van der Waals surface area contributed by atoms with Crippen LogP contribution in [0, 0.1) is 6.92 Å². The number of hydrogen-bond acceptors (Lipinski definition) is 4. The van der Waals surface area contributed by atoms with E-state index in [0.717, 1.165) is 12.1 Å². The normalized spacial score (nSPS) is 12.9. The van der Waals surface area contributed by atoms with Crippen LogP contribution in [0.25, 0.3) is 0 Å². The van der Waals surface area contributed by atoms with Gasteiger partial charge in [-0.2, -0.15) is 13.2 Å². The van der Waals surface area contributed by atoms with E-state index >= 15 is 0 Å². The molecule has 0 unspecified atom stereocenters. The largest absolute Gasteiger partial charge is 0.443 e. The standard InChI is InChI=1S/C16H17F3N2O3/c1-10-7-20-15(24-10)9-23-8-14(22)21-11(2)12-3-5-13(6-4-12)16(17,18)19/h3-7,11H,8-9H2,1-2H3,(H,21,22)/t11-/m0/s1. The second-order valence-corrected chi connectivity index (χ2v) is 5.27. The van der Waals surface area contributed by atoms with E-state index in [2.05, 4.69) is 10.3 Å². The van der Waals surface area contributed by atoms with Crippen molar-refractivity contribution < 1.29 is 27.1 Å². The molecule has 1 amide bonds. The van der Waals surface area contributed by atoms with Gasteiger partial charge in [0.15, 0.2) is 0 Å². The van der Waals surface area contributed by atoms with Crippen LogP contribution in [0.3, 0.4) is 0 Å². The van der Waals surface area contributed by atoms with Crippen LogP contribution in [0.15, 0.2) is 34.9 Å². The maximum absolute atomic E-state index is 12.5. The predicted molar refractivity (Wildman–Crippen MR) is 78.9 cm³/mol. The van der Waals surface area contributed by atoms with Gasteiger partial charge in [-0.1, -0.05) is 12.1 Å². The van der Waals surface area contributed by atoms with Crippen molar-refractivity contribution >= 4 is 5.91 Å². The molecule has 0 fully saturated rings. The second-order valence-electron chi connectivity index (χ2n) is 5.27. The average molecular weight is 342 g/mol. The van der Waals surface area contributed by atoms with Gasteiger partial charge in [-0.15, -0.1) is 0 Å². The summed E-state index contributed by atoms with van der Waals surface area (Å²) in [6, 6.07) is 4.21. The fourth-order valence-corrected chi connectivity index (χ4v) is 2.03. The molecule has 5 nitrogen and oxygen atoms in total. The van der Waals surface area contributed by atoms with Crippen LogP contribution in [0.2, 0.25) is 0 Å². The molecule has 0 saturated heterocycles. The third-order valence-corrected chi connectivity index (χ3v) is 3.24. The molecule has 0 bridgehead atoms. The van der Waals surface area contributed by atoms with Crippen LogP contribution in [-0.2, 0) is 22.3 Å². The molecular formula is C16H17F3N2O3. The topological polar surface area (TPSA) is 64.4 Å². The number of carbonyl (C=O) groups excluding carboxylic acids is 1. The molecule has 130 valence electrons. The second kappa shape index (κ2) is 7.48. The maximum Gasteiger partial charge on any atom is 0.416 e. The van der Waals surface area contributed by atoms with E-state index in [9.17, 15) is 18.0 Å². The van der Waals surface area contributed by atoms with Gasteiger partial charge >= 0.3 is 6.18 Å².